The Balaban J connectivity index is 2.07. The van der Waals surface area contributed by atoms with Gasteiger partial charge in [-0.1, -0.05) is 41.9 Å². The summed E-state index contributed by atoms with van der Waals surface area (Å²) < 4.78 is 0. The van der Waals surface area contributed by atoms with Gasteiger partial charge in [-0.15, -0.1) is 0 Å². The Morgan fingerprint density at radius 1 is 1.04 bits per heavy atom. The SMILES string of the molecule is CC(=O)c1cccc(N(CC(=O)NCc2ccccc2Cl)C(C)=O)c1. The first-order chi connectivity index (χ1) is 11.9. The number of carbonyl (C=O) groups excluding carboxylic acids is 3. The zero-order valence-electron chi connectivity index (χ0n) is 14.1. The molecule has 0 bridgehead atoms. The molecule has 0 aliphatic rings. The van der Waals surface area contributed by atoms with Crippen LogP contribution in [0, 0.1) is 0 Å². The monoisotopic (exact) mass is 358 g/mol. The molecule has 2 amide bonds. The molecule has 0 atom stereocenters. The quantitative estimate of drug-likeness (QED) is 0.806. The minimum absolute atomic E-state index is 0.103. The molecule has 0 aliphatic heterocycles. The number of benzene rings is 2. The number of Topliss-reactive ketones (excluding diaryl/α,β-unsaturated/α-hetero) is 1. The third kappa shape index (κ3) is 5.16. The van der Waals surface area contributed by atoms with Crippen LogP contribution in [0.1, 0.15) is 29.8 Å². The maximum absolute atomic E-state index is 12.2. The molecule has 130 valence electrons. The van der Waals surface area contributed by atoms with Gasteiger partial charge < -0.3 is 10.2 Å². The van der Waals surface area contributed by atoms with Crippen molar-refractivity contribution >= 4 is 34.9 Å². The summed E-state index contributed by atoms with van der Waals surface area (Å²) in [5, 5.41) is 3.32. The maximum Gasteiger partial charge on any atom is 0.240 e. The Morgan fingerprint density at radius 2 is 1.76 bits per heavy atom. The van der Waals surface area contributed by atoms with Crippen LogP contribution < -0.4 is 10.2 Å². The molecular formula is C19H19ClN2O3. The number of carbonyl (C=O) groups is 3. The molecule has 0 fully saturated rings. The third-order valence-corrected chi connectivity index (χ3v) is 4.05. The largest absolute Gasteiger partial charge is 0.350 e. The van der Waals surface area contributed by atoms with Crippen molar-refractivity contribution in [3.05, 3.63) is 64.7 Å². The van der Waals surface area contributed by atoms with Gasteiger partial charge in [-0.2, -0.15) is 0 Å². The van der Waals surface area contributed by atoms with Gasteiger partial charge in [0.05, 0.1) is 0 Å². The van der Waals surface area contributed by atoms with Crippen molar-refractivity contribution < 1.29 is 14.4 Å². The van der Waals surface area contributed by atoms with Gasteiger partial charge in [0.2, 0.25) is 11.8 Å². The molecule has 0 saturated heterocycles. The van der Waals surface area contributed by atoms with E-state index in [2.05, 4.69) is 5.32 Å². The van der Waals surface area contributed by atoms with Crippen molar-refractivity contribution in [1.29, 1.82) is 0 Å². The molecule has 0 aromatic heterocycles. The lowest BCUT2D eigenvalue weighted by atomic mass is 10.1. The number of halogens is 1. The van der Waals surface area contributed by atoms with Crippen molar-refractivity contribution in [1.82, 2.24) is 5.32 Å². The molecule has 2 rings (SSSR count). The number of anilines is 1. The highest BCUT2D eigenvalue weighted by atomic mass is 35.5. The number of rotatable bonds is 6. The zero-order valence-corrected chi connectivity index (χ0v) is 14.8. The summed E-state index contributed by atoms with van der Waals surface area (Å²) in [6, 6.07) is 13.9. The molecule has 0 spiro atoms. The second kappa shape index (κ2) is 8.44. The zero-order chi connectivity index (χ0) is 18.4. The molecule has 1 N–H and O–H groups in total. The van der Waals surface area contributed by atoms with Crippen LogP contribution in [0.4, 0.5) is 5.69 Å². The summed E-state index contributed by atoms with van der Waals surface area (Å²) in [6.45, 7) is 2.97. The average Bonchev–Trinajstić information content (AvgIpc) is 2.58. The number of amides is 2. The minimum Gasteiger partial charge on any atom is -0.350 e. The van der Waals surface area contributed by atoms with E-state index in [0.29, 0.717) is 16.3 Å². The van der Waals surface area contributed by atoms with Gasteiger partial charge in [0.1, 0.15) is 6.54 Å². The molecule has 0 aliphatic carbocycles. The van der Waals surface area contributed by atoms with Crippen LogP contribution in [0.3, 0.4) is 0 Å². The van der Waals surface area contributed by atoms with Crippen LogP contribution >= 0.6 is 11.6 Å². The molecule has 6 heteroatoms. The standard InChI is InChI=1S/C19H19ClN2O3/c1-13(23)15-7-5-8-17(10-15)22(14(2)24)12-19(25)21-11-16-6-3-4-9-18(16)20/h3-10H,11-12H2,1-2H3,(H,21,25). The van der Waals surface area contributed by atoms with E-state index in [9.17, 15) is 14.4 Å². The van der Waals surface area contributed by atoms with Gasteiger partial charge in [-0.25, -0.2) is 0 Å². The van der Waals surface area contributed by atoms with E-state index in [1.165, 1.54) is 18.7 Å². The second-order valence-electron chi connectivity index (χ2n) is 5.58. The molecule has 25 heavy (non-hydrogen) atoms. The van der Waals surface area contributed by atoms with Gasteiger partial charge >= 0.3 is 0 Å². The molecule has 2 aromatic rings. The number of nitrogens with zero attached hydrogens (tertiary/aromatic N) is 1. The highest BCUT2D eigenvalue weighted by Crippen LogP contribution is 2.17. The van der Waals surface area contributed by atoms with E-state index in [1.807, 2.05) is 18.2 Å². The van der Waals surface area contributed by atoms with E-state index < -0.39 is 0 Å². The van der Waals surface area contributed by atoms with Crippen LogP contribution in [0.5, 0.6) is 0 Å². The number of hydrogen-bond acceptors (Lipinski definition) is 3. The normalized spacial score (nSPS) is 10.2. The molecule has 2 aromatic carbocycles. The molecule has 0 heterocycles. The third-order valence-electron chi connectivity index (χ3n) is 3.68. The fraction of sp³-hybridized carbons (Fsp3) is 0.211. The van der Waals surface area contributed by atoms with Gasteiger partial charge in [-0.05, 0) is 30.7 Å². The topological polar surface area (TPSA) is 66.5 Å². The first kappa shape index (κ1) is 18.7. The fourth-order valence-electron chi connectivity index (χ4n) is 2.31. The molecule has 5 nitrogen and oxygen atoms in total. The molecule has 0 radical (unpaired) electrons. The van der Waals surface area contributed by atoms with Crippen molar-refractivity contribution in [3.63, 3.8) is 0 Å². The lowest BCUT2D eigenvalue weighted by molar-refractivity contribution is -0.123. The van der Waals surface area contributed by atoms with Crippen molar-refractivity contribution in [2.75, 3.05) is 11.4 Å². The smallest absolute Gasteiger partial charge is 0.240 e. The summed E-state index contributed by atoms with van der Waals surface area (Å²) >= 11 is 6.06. The van der Waals surface area contributed by atoms with E-state index in [0.717, 1.165) is 5.56 Å². The Bertz CT molecular complexity index is 805. The lowest BCUT2D eigenvalue weighted by Crippen LogP contribution is -2.39. The summed E-state index contributed by atoms with van der Waals surface area (Å²) in [4.78, 5) is 37.0. The predicted molar refractivity (Wildman–Crippen MR) is 97.8 cm³/mol. The van der Waals surface area contributed by atoms with E-state index in [1.54, 1.807) is 30.3 Å². The van der Waals surface area contributed by atoms with E-state index in [-0.39, 0.29) is 30.7 Å². The van der Waals surface area contributed by atoms with E-state index in [4.69, 9.17) is 11.6 Å². The lowest BCUT2D eigenvalue weighted by Gasteiger charge is -2.21. The van der Waals surface area contributed by atoms with Gasteiger partial charge in [-0.3, -0.25) is 14.4 Å². The molecule has 0 saturated carbocycles. The fourth-order valence-corrected chi connectivity index (χ4v) is 2.51. The summed E-state index contributed by atoms with van der Waals surface area (Å²) in [6.07, 6.45) is 0. The van der Waals surface area contributed by atoms with E-state index >= 15 is 0 Å². The average molecular weight is 359 g/mol. The van der Waals surface area contributed by atoms with Crippen LogP contribution in [-0.2, 0) is 16.1 Å². The Hall–Kier alpha value is -2.66. The molecular weight excluding hydrogens is 340 g/mol. The summed E-state index contributed by atoms with van der Waals surface area (Å²) in [5.74, 6) is -0.703. The van der Waals surface area contributed by atoms with Crippen molar-refractivity contribution in [3.8, 4) is 0 Å². The van der Waals surface area contributed by atoms with Crippen LogP contribution in [0.25, 0.3) is 0 Å². The van der Waals surface area contributed by atoms with Crippen LogP contribution in [0.2, 0.25) is 5.02 Å². The Morgan fingerprint density at radius 3 is 2.40 bits per heavy atom. The maximum atomic E-state index is 12.2. The second-order valence-corrected chi connectivity index (χ2v) is 5.99. The summed E-state index contributed by atoms with van der Waals surface area (Å²) in [5.41, 5.74) is 1.79. The van der Waals surface area contributed by atoms with Crippen LogP contribution in [-0.4, -0.2) is 24.1 Å². The van der Waals surface area contributed by atoms with Gasteiger partial charge in [0.25, 0.3) is 0 Å². The van der Waals surface area contributed by atoms with Crippen molar-refractivity contribution in [2.24, 2.45) is 0 Å². The first-order valence-corrected chi connectivity index (χ1v) is 8.15. The predicted octanol–water partition coefficient (Wildman–Crippen LogP) is 3.21. The van der Waals surface area contributed by atoms with Gasteiger partial charge in [0, 0.05) is 29.7 Å². The Kier molecular flexibility index (Phi) is 6.31. The van der Waals surface area contributed by atoms with Crippen LogP contribution in [0.15, 0.2) is 48.5 Å². The highest BCUT2D eigenvalue weighted by Gasteiger charge is 2.16. The van der Waals surface area contributed by atoms with Crippen molar-refractivity contribution in [2.45, 2.75) is 20.4 Å². The van der Waals surface area contributed by atoms with Gasteiger partial charge in [0.15, 0.2) is 5.78 Å². The Labute approximate surface area is 151 Å². The minimum atomic E-state index is -0.316. The highest BCUT2D eigenvalue weighted by molar-refractivity contribution is 6.31. The first-order valence-electron chi connectivity index (χ1n) is 7.77. The number of nitrogens with one attached hydrogen (secondary N) is 1. The molecule has 0 unspecified atom stereocenters. The number of ketones is 1. The number of hydrogen-bond donors (Lipinski definition) is 1. The summed E-state index contributed by atoms with van der Waals surface area (Å²) in [7, 11) is 0.